The monoisotopic (exact) mass is 300 g/mol. The Kier molecular flexibility index (Phi) is 3.90. The number of carbonyl (C=O) groups is 1. The molecular formula is C17H20N2O3. The van der Waals surface area contributed by atoms with Crippen LogP contribution in [0.5, 0.6) is 0 Å². The molecule has 0 radical (unpaired) electrons. The van der Waals surface area contributed by atoms with Crippen molar-refractivity contribution in [1.29, 1.82) is 5.26 Å². The number of benzene rings is 1. The van der Waals surface area contributed by atoms with Gasteiger partial charge in [-0.3, -0.25) is 4.79 Å². The van der Waals surface area contributed by atoms with Crippen molar-refractivity contribution in [1.82, 2.24) is 5.32 Å². The fraction of sp³-hybridized carbons (Fsp3) is 0.529. The average molecular weight is 300 g/mol. The second-order valence-corrected chi connectivity index (χ2v) is 6.22. The number of rotatable bonds is 4. The Bertz CT molecular complexity index is 617. The summed E-state index contributed by atoms with van der Waals surface area (Å²) in [4.78, 5) is 12.4. The van der Waals surface area contributed by atoms with Crippen LogP contribution >= 0.6 is 0 Å². The van der Waals surface area contributed by atoms with Gasteiger partial charge in [0.05, 0.1) is 18.7 Å². The Hall–Kier alpha value is -1.90. The van der Waals surface area contributed by atoms with Gasteiger partial charge in [0.25, 0.3) is 0 Å². The smallest absolute Gasteiger partial charge is 0.223 e. The van der Waals surface area contributed by atoms with Gasteiger partial charge in [0, 0.05) is 31.8 Å². The van der Waals surface area contributed by atoms with E-state index in [1.54, 1.807) is 0 Å². The summed E-state index contributed by atoms with van der Waals surface area (Å²) in [5.41, 5.74) is 1.42. The molecule has 1 aromatic carbocycles. The summed E-state index contributed by atoms with van der Waals surface area (Å²) in [7, 11) is 1.51. The Morgan fingerprint density at radius 3 is 2.73 bits per heavy atom. The van der Waals surface area contributed by atoms with Crippen LogP contribution in [-0.4, -0.2) is 30.3 Å². The number of amides is 1. The predicted octanol–water partition coefficient (Wildman–Crippen LogP) is 1.64. The van der Waals surface area contributed by atoms with E-state index >= 15 is 0 Å². The van der Waals surface area contributed by atoms with E-state index in [1.807, 2.05) is 24.3 Å². The lowest BCUT2D eigenvalue weighted by molar-refractivity contribution is -0.139. The number of hydrogen-bond acceptors (Lipinski definition) is 4. The molecule has 0 heterocycles. The van der Waals surface area contributed by atoms with E-state index in [4.69, 9.17) is 10.00 Å². The first-order valence-corrected chi connectivity index (χ1v) is 7.59. The maximum absolute atomic E-state index is 12.4. The van der Waals surface area contributed by atoms with Crippen molar-refractivity contribution in [2.45, 2.75) is 36.8 Å². The number of nitriles is 1. The molecule has 5 heteroatoms. The SMILES string of the molecule is COC1(C#N)CC(C(=O)N[C@@H]2C[C@H](CO)c3ccccc32)C1. The molecule has 0 aliphatic heterocycles. The molecule has 5 nitrogen and oxygen atoms in total. The lowest BCUT2D eigenvalue weighted by Gasteiger charge is -2.40. The summed E-state index contributed by atoms with van der Waals surface area (Å²) in [5, 5.41) is 21.7. The summed E-state index contributed by atoms with van der Waals surface area (Å²) in [5.74, 6) is -0.110. The fourth-order valence-electron chi connectivity index (χ4n) is 3.56. The highest BCUT2D eigenvalue weighted by Crippen LogP contribution is 2.43. The molecule has 1 fully saturated rings. The van der Waals surface area contributed by atoms with E-state index in [-0.39, 0.29) is 30.4 Å². The van der Waals surface area contributed by atoms with Gasteiger partial charge in [-0.05, 0) is 17.5 Å². The first-order valence-electron chi connectivity index (χ1n) is 7.59. The van der Waals surface area contributed by atoms with Crippen molar-refractivity contribution in [2.24, 2.45) is 5.92 Å². The second kappa shape index (κ2) is 5.71. The third kappa shape index (κ3) is 2.39. The summed E-state index contributed by atoms with van der Waals surface area (Å²) in [6, 6.07) is 10.0. The van der Waals surface area contributed by atoms with Crippen LogP contribution in [0, 0.1) is 17.2 Å². The highest BCUT2D eigenvalue weighted by molar-refractivity contribution is 5.81. The van der Waals surface area contributed by atoms with Gasteiger partial charge in [-0.2, -0.15) is 5.26 Å². The van der Waals surface area contributed by atoms with Crippen LogP contribution in [0.3, 0.4) is 0 Å². The fourth-order valence-corrected chi connectivity index (χ4v) is 3.56. The molecule has 0 saturated heterocycles. The molecule has 0 bridgehead atoms. The molecule has 116 valence electrons. The molecule has 22 heavy (non-hydrogen) atoms. The number of ether oxygens (including phenoxy) is 1. The van der Waals surface area contributed by atoms with Crippen LogP contribution < -0.4 is 5.32 Å². The van der Waals surface area contributed by atoms with Crippen LogP contribution in [0.1, 0.15) is 42.3 Å². The van der Waals surface area contributed by atoms with E-state index in [2.05, 4.69) is 11.4 Å². The number of fused-ring (bicyclic) bond motifs is 1. The first-order chi connectivity index (χ1) is 10.6. The van der Waals surface area contributed by atoms with Gasteiger partial charge in [0.1, 0.15) is 0 Å². The van der Waals surface area contributed by atoms with Crippen molar-refractivity contribution in [2.75, 3.05) is 13.7 Å². The minimum atomic E-state index is -0.788. The van der Waals surface area contributed by atoms with E-state index in [1.165, 1.54) is 7.11 Å². The quantitative estimate of drug-likeness (QED) is 0.885. The average Bonchev–Trinajstić information content (AvgIpc) is 2.85. The third-order valence-electron chi connectivity index (χ3n) is 4.99. The third-order valence-corrected chi connectivity index (χ3v) is 4.99. The van der Waals surface area contributed by atoms with E-state index in [9.17, 15) is 9.90 Å². The van der Waals surface area contributed by atoms with Crippen molar-refractivity contribution < 1.29 is 14.6 Å². The number of nitrogens with zero attached hydrogens (tertiary/aromatic N) is 1. The van der Waals surface area contributed by atoms with Gasteiger partial charge in [-0.1, -0.05) is 24.3 Å². The predicted molar refractivity (Wildman–Crippen MR) is 79.8 cm³/mol. The molecule has 1 saturated carbocycles. The Balaban J connectivity index is 1.66. The lowest BCUT2D eigenvalue weighted by atomic mass is 9.71. The van der Waals surface area contributed by atoms with Crippen molar-refractivity contribution in [3.8, 4) is 6.07 Å². The number of aliphatic hydroxyl groups excluding tert-OH is 1. The number of carbonyl (C=O) groups excluding carboxylic acids is 1. The van der Waals surface area contributed by atoms with Gasteiger partial charge in [0.15, 0.2) is 5.60 Å². The van der Waals surface area contributed by atoms with Gasteiger partial charge in [0.2, 0.25) is 5.91 Å². The summed E-state index contributed by atoms with van der Waals surface area (Å²) in [6.45, 7) is 0.0913. The van der Waals surface area contributed by atoms with E-state index in [0.717, 1.165) is 17.5 Å². The van der Waals surface area contributed by atoms with Crippen LogP contribution in [0.25, 0.3) is 0 Å². The molecule has 0 aromatic heterocycles. The van der Waals surface area contributed by atoms with Crippen LogP contribution in [0.15, 0.2) is 24.3 Å². The van der Waals surface area contributed by atoms with Crippen molar-refractivity contribution in [3.63, 3.8) is 0 Å². The zero-order valence-corrected chi connectivity index (χ0v) is 12.6. The Labute approximate surface area is 129 Å². The van der Waals surface area contributed by atoms with Crippen molar-refractivity contribution in [3.05, 3.63) is 35.4 Å². The minimum Gasteiger partial charge on any atom is -0.396 e. The van der Waals surface area contributed by atoms with E-state index < -0.39 is 5.60 Å². The standard InChI is InChI=1S/C17H20N2O3/c1-22-17(10-18)7-12(8-17)16(21)19-15-6-11(9-20)13-4-2-3-5-14(13)15/h2-5,11-12,15,20H,6-9H2,1H3,(H,19,21)/t11-,12?,15-,17?/m1/s1. The maximum atomic E-state index is 12.4. The molecule has 2 N–H and O–H groups in total. The van der Waals surface area contributed by atoms with Crippen LogP contribution in [-0.2, 0) is 9.53 Å². The van der Waals surface area contributed by atoms with Gasteiger partial charge >= 0.3 is 0 Å². The summed E-state index contributed by atoms with van der Waals surface area (Å²) < 4.78 is 5.19. The topological polar surface area (TPSA) is 82.3 Å². The molecule has 2 aliphatic carbocycles. The van der Waals surface area contributed by atoms with E-state index in [0.29, 0.717) is 12.8 Å². The number of nitrogens with one attached hydrogen (secondary N) is 1. The molecule has 3 rings (SSSR count). The number of hydrogen-bond donors (Lipinski definition) is 2. The lowest BCUT2D eigenvalue weighted by Crippen LogP contribution is -2.50. The van der Waals surface area contributed by atoms with Gasteiger partial charge < -0.3 is 15.2 Å². The summed E-state index contributed by atoms with van der Waals surface area (Å²) in [6.07, 6.45) is 1.62. The van der Waals surface area contributed by atoms with Gasteiger partial charge in [-0.15, -0.1) is 0 Å². The van der Waals surface area contributed by atoms with Crippen LogP contribution in [0.4, 0.5) is 0 Å². The molecule has 1 aromatic rings. The second-order valence-electron chi connectivity index (χ2n) is 6.22. The molecule has 2 aliphatic rings. The van der Waals surface area contributed by atoms with Crippen molar-refractivity contribution >= 4 is 5.91 Å². The number of aliphatic hydroxyl groups is 1. The normalized spacial score (nSPS) is 32.7. The zero-order chi connectivity index (χ0) is 15.7. The Morgan fingerprint density at radius 2 is 2.14 bits per heavy atom. The molecule has 0 unspecified atom stereocenters. The minimum absolute atomic E-state index is 0.0266. The highest BCUT2D eigenvalue weighted by Gasteiger charge is 2.49. The molecular weight excluding hydrogens is 280 g/mol. The number of methoxy groups -OCH3 is 1. The van der Waals surface area contributed by atoms with Gasteiger partial charge in [-0.25, -0.2) is 0 Å². The largest absolute Gasteiger partial charge is 0.396 e. The maximum Gasteiger partial charge on any atom is 0.223 e. The highest BCUT2D eigenvalue weighted by atomic mass is 16.5. The van der Waals surface area contributed by atoms with Crippen LogP contribution in [0.2, 0.25) is 0 Å². The molecule has 1 amide bonds. The first kappa shape index (κ1) is 15.0. The molecule has 2 atom stereocenters. The zero-order valence-electron chi connectivity index (χ0n) is 12.6. The summed E-state index contributed by atoms with van der Waals surface area (Å²) >= 11 is 0. The molecule has 0 spiro atoms. The Morgan fingerprint density at radius 1 is 1.45 bits per heavy atom.